The lowest BCUT2D eigenvalue weighted by molar-refractivity contribution is 0.102. The van der Waals surface area contributed by atoms with Crippen molar-refractivity contribution in [2.24, 2.45) is 0 Å². The third-order valence-corrected chi connectivity index (χ3v) is 5.80. The van der Waals surface area contributed by atoms with Crippen molar-refractivity contribution in [3.8, 4) is 0 Å². The van der Waals surface area contributed by atoms with Gasteiger partial charge in [0, 0.05) is 49.5 Å². The molecule has 156 valence electrons. The molecule has 1 amide bonds. The van der Waals surface area contributed by atoms with Crippen LogP contribution in [0.3, 0.4) is 0 Å². The van der Waals surface area contributed by atoms with Crippen LogP contribution in [-0.4, -0.2) is 47.2 Å². The molecule has 31 heavy (non-hydrogen) atoms. The minimum atomic E-state index is -0.209. The van der Waals surface area contributed by atoms with E-state index in [1.807, 2.05) is 36.4 Å². The van der Waals surface area contributed by atoms with Crippen LogP contribution in [0.15, 0.2) is 78.9 Å². The highest BCUT2D eigenvalue weighted by molar-refractivity contribution is 6.11. The highest BCUT2D eigenvalue weighted by Gasteiger charge is 2.18. The molecule has 6 heteroatoms. The zero-order valence-electron chi connectivity index (χ0n) is 17.3. The van der Waals surface area contributed by atoms with Gasteiger partial charge in [0.05, 0.1) is 5.52 Å². The normalized spacial score (nSPS) is 14.6. The number of piperazine rings is 1. The average Bonchev–Trinajstić information content (AvgIpc) is 3.25. The molecule has 0 saturated carbocycles. The molecular formula is C25H25N5O. The second-order valence-electron chi connectivity index (χ2n) is 7.87. The molecule has 1 aliphatic heterocycles. The van der Waals surface area contributed by atoms with Crippen molar-refractivity contribution >= 4 is 28.2 Å². The zero-order valence-corrected chi connectivity index (χ0v) is 17.3. The molecule has 2 N–H and O–H groups in total. The first-order valence-electron chi connectivity index (χ1n) is 10.6. The maximum absolute atomic E-state index is 12.7. The van der Waals surface area contributed by atoms with E-state index in [0.717, 1.165) is 49.3 Å². The number of nitrogens with one attached hydrogen (secondary N) is 2. The Labute approximate surface area is 181 Å². The monoisotopic (exact) mass is 411 g/mol. The number of aromatic nitrogens is 2. The van der Waals surface area contributed by atoms with Crippen LogP contribution in [0.4, 0.5) is 11.4 Å². The zero-order chi connectivity index (χ0) is 21.0. The summed E-state index contributed by atoms with van der Waals surface area (Å²) in [5.41, 5.74) is 4.58. The second-order valence-corrected chi connectivity index (χ2v) is 7.87. The number of carbonyl (C=O) groups excluding carboxylic acids is 1. The molecule has 1 aromatic heterocycles. The van der Waals surface area contributed by atoms with Gasteiger partial charge >= 0.3 is 0 Å². The Hall–Kier alpha value is -3.64. The van der Waals surface area contributed by atoms with Gasteiger partial charge in [-0.05, 0) is 35.9 Å². The number of benzene rings is 3. The van der Waals surface area contributed by atoms with E-state index < -0.39 is 0 Å². The highest BCUT2D eigenvalue weighted by Crippen LogP contribution is 2.22. The molecule has 1 fully saturated rings. The van der Waals surface area contributed by atoms with Gasteiger partial charge in [0.15, 0.2) is 5.69 Å². The second kappa shape index (κ2) is 8.62. The predicted molar refractivity (Wildman–Crippen MR) is 124 cm³/mol. The minimum absolute atomic E-state index is 0.209. The maximum Gasteiger partial charge on any atom is 0.276 e. The van der Waals surface area contributed by atoms with Gasteiger partial charge in [0.2, 0.25) is 0 Å². The average molecular weight is 412 g/mol. The number of carbonyl (C=O) groups is 1. The molecule has 3 aromatic carbocycles. The molecule has 0 spiro atoms. The first-order chi connectivity index (χ1) is 15.3. The fourth-order valence-corrected chi connectivity index (χ4v) is 4.09. The molecule has 1 saturated heterocycles. The van der Waals surface area contributed by atoms with Crippen LogP contribution in [0.5, 0.6) is 0 Å². The maximum atomic E-state index is 12.7. The molecule has 0 atom stereocenters. The van der Waals surface area contributed by atoms with Gasteiger partial charge in [-0.2, -0.15) is 5.10 Å². The lowest BCUT2D eigenvalue weighted by Crippen LogP contribution is -2.45. The van der Waals surface area contributed by atoms with E-state index in [2.05, 4.69) is 67.8 Å². The minimum Gasteiger partial charge on any atom is -0.369 e. The quantitative estimate of drug-likeness (QED) is 0.518. The van der Waals surface area contributed by atoms with Crippen molar-refractivity contribution in [1.82, 2.24) is 15.1 Å². The summed E-state index contributed by atoms with van der Waals surface area (Å²) < 4.78 is 0. The summed E-state index contributed by atoms with van der Waals surface area (Å²) in [6, 6.07) is 26.3. The van der Waals surface area contributed by atoms with E-state index in [0.29, 0.717) is 5.69 Å². The Balaban J connectivity index is 1.18. The number of para-hydroxylation sites is 1. The highest BCUT2D eigenvalue weighted by atomic mass is 16.1. The number of rotatable bonds is 5. The summed E-state index contributed by atoms with van der Waals surface area (Å²) in [7, 11) is 0. The van der Waals surface area contributed by atoms with Crippen molar-refractivity contribution in [3.05, 3.63) is 90.1 Å². The summed E-state index contributed by atoms with van der Waals surface area (Å²) >= 11 is 0. The summed E-state index contributed by atoms with van der Waals surface area (Å²) in [5, 5.41) is 10.9. The molecule has 0 bridgehead atoms. The first kappa shape index (κ1) is 19.3. The van der Waals surface area contributed by atoms with Gasteiger partial charge in [-0.15, -0.1) is 0 Å². The number of aromatic amines is 1. The van der Waals surface area contributed by atoms with E-state index >= 15 is 0 Å². The van der Waals surface area contributed by atoms with Crippen LogP contribution < -0.4 is 10.2 Å². The van der Waals surface area contributed by atoms with E-state index in [9.17, 15) is 4.79 Å². The molecule has 0 unspecified atom stereocenters. The lowest BCUT2D eigenvalue weighted by atomic mass is 10.2. The number of nitrogens with zero attached hydrogens (tertiary/aromatic N) is 3. The Kier molecular flexibility index (Phi) is 5.37. The Morgan fingerprint density at radius 1 is 0.871 bits per heavy atom. The van der Waals surface area contributed by atoms with E-state index in [4.69, 9.17) is 0 Å². The van der Waals surface area contributed by atoms with Crippen LogP contribution in [-0.2, 0) is 6.54 Å². The van der Waals surface area contributed by atoms with Gasteiger partial charge in [0.1, 0.15) is 0 Å². The van der Waals surface area contributed by atoms with Crippen molar-refractivity contribution in [1.29, 1.82) is 0 Å². The standard InChI is InChI=1S/C25H25N5O/c31-25(24-22-8-4-5-9-23(22)27-28-24)26-20-10-12-21(13-11-20)30-16-14-29(15-17-30)18-19-6-2-1-3-7-19/h1-13H,14-18H2,(H,26,31)(H,27,28). The molecule has 4 aromatic rings. The lowest BCUT2D eigenvalue weighted by Gasteiger charge is -2.36. The van der Waals surface area contributed by atoms with E-state index in [1.165, 1.54) is 11.3 Å². The van der Waals surface area contributed by atoms with Gasteiger partial charge < -0.3 is 10.2 Å². The van der Waals surface area contributed by atoms with Gasteiger partial charge in [0.25, 0.3) is 5.91 Å². The number of anilines is 2. The van der Waals surface area contributed by atoms with Gasteiger partial charge in [-0.25, -0.2) is 0 Å². The van der Waals surface area contributed by atoms with Crippen molar-refractivity contribution in [3.63, 3.8) is 0 Å². The molecule has 1 aliphatic rings. The summed E-state index contributed by atoms with van der Waals surface area (Å²) in [5.74, 6) is -0.209. The van der Waals surface area contributed by atoms with Crippen LogP contribution in [0, 0.1) is 0 Å². The van der Waals surface area contributed by atoms with E-state index in [-0.39, 0.29) is 5.91 Å². The number of hydrogen-bond donors (Lipinski definition) is 2. The Bertz CT molecular complexity index is 1160. The van der Waals surface area contributed by atoms with Crippen molar-refractivity contribution in [2.45, 2.75) is 6.54 Å². The van der Waals surface area contributed by atoms with Crippen LogP contribution in [0.2, 0.25) is 0 Å². The fourth-order valence-electron chi connectivity index (χ4n) is 4.09. The Morgan fingerprint density at radius 3 is 2.35 bits per heavy atom. The third kappa shape index (κ3) is 4.29. The SMILES string of the molecule is O=C(Nc1ccc(N2CCN(Cc3ccccc3)CC2)cc1)c1n[nH]c2ccccc12. The predicted octanol–water partition coefficient (Wildman–Crippen LogP) is 4.14. The fraction of sp³-hybridized carbons (Fsp3) is 0.200. The van der Waals surface area contributed by atoms with Crippen LogP contribution in [0.25, 0.3) is 10.9 Å². The summed E-state index contributed by atoms with van der Waals surface area (Å²) in [4.78, 5) is 17.5. The smallest absolute Gasteiger partial charge is 0.276 e. The van der Waals surface area contributed by atoms with Gasteiger partial charge in [-0.3, -0.25) is 14.8 Å². The topological polar surface area (TPSA) is 64.3 Å². The Morgan fingerprint density at radius 2 is 1.58 bits per heavy atom. The number of hydrogen-bond acceptors (Lipinski definition) is 4. The van der Waals surface area contributed by atoms with Crippen molar-refractivity contribution < 1.29 is 4.79 Å². The number of amides is 1. The molecule has 2 heterocycles. The van der Waals surface area contributed by atoms with Crippen LogP contribution >= 0.6 is 0 Å². The molecule has 6 nitrogen and oxygen atoms in total. The summed E-state index contributed by atoms with van der Waals surface area (Å²) in [6.45, 7) is 5.08. The largest absolute Gasteiger partial charge is 0.369 e. The van der Waals surface area contributed by atoms with E-state index in [1.54, 1.807) is 0 Å². The molecule has 5 rings (SSSR count). The number of fused-ring (bicyclic) bond motifs is 1. The third-order valence-electron chi connectivity index (χ3n) is 5.80. The molecular weight excluding hydrogens is 386 g/mol. The number of H-pyrrole nitrogens is 1. The first-order valence-corrected chi connectivity index (χ1v) is 10.6. The molecule has 0 radical (unpaired) electrons. The summed E-state index contributed by atoms with van der Waals surface area (Å²) in [6.07, 6.45) is 0. The van der Waals surface area contributed by atoms with Gasteiger partial charge in [-0.1, -0.05) is 48.5 Å². The van der Waals surface area contributed by atoms with Crippen molar-refractivity contribution in [2.75, 3.05) is 36.4 Å². The van der Waals surface area contributed by atoms with Crippen LogP contribution in [0.1, 0.15) is 16.1 Å². The molecule has 0 aliphatic carbocycles.